The van der Waals surface area contributed by atoms with Crippen molar-refractivity contribution in [1.29, 1.82) is 0 Å². The number of hydrogen-bond donors (Lipinski definition) is 1. The van der Waals surface area contributed by atoms with Gasteiger partial charge < -0.3 is 14.6 Å². The van der Waals surface area contributed by atoms with Crippen molar-refractivity contribution in [3.05, 3.63) is 23.5 Å². The van der Waals surface area contributed by atoms with Crippen molar-refractivity contribution in [2.45, 2.75) is 56.8 Å². The average Bonchev–Trinajstić information content (AvgIpc) is 2.95. The summed E-state index contributed by atoms with van der Waals surface area (Å²) < 4.78 is 11.7. The van der Waals surface area contributed by atoms with Gasteiger partial charge in [-0.05, 0) is 39.0 Å². The molecule has 0 spiro atoms. The lowest BCUT2D eigenvalue weighted by Crippen LogP contribution is -2.49. The number of ketones is 1. The molecule has 2 bridgehead atoms. The number of aliphatic hydroxyl groups is 1. The lowest BCUT2D eigenvalue weighted by Gasteiger charge is -2.45. The maximum atomic E-state index is 12.5. The van der Waals surface area contributed by atoms with Gasteiger partial charge in [0, 0.05) is 17.9 Å². The quantitative estimate of drug-likeness (QED) is 0.752. The molecule has 4 rings (SSSR count). The van der Waals surface area contributed by atoms with Crippen LogP contribution in [0.3, 0.4) is 0 Å². The van der Waals surface area contributed by atoms with E-state index in [2.05, 4.69) is 20.4 Å². The van der Waals surface area contributed by atoms with E-state index in [4.69, 9.17) is 9.47 Å². The second kappa shape index (κ2) is 3.99. The zero-order valence-corrected chi connectivity index (χ0v) is 12.6. The minimum absolute atomic E-state index is 0.0154. The van der Waals surface area contributed by atoms with Crippen molar-refractivity contribution in [1.82, 2.24) is 0 Å². The number of carbonyl (C=O) groups is 1. The largest absolute Gasteiger partial charge is 0.488 e. The molecule has 2 fully saturated rings. The van der Waals surface area contributed by atoms with E-state index in [1.165, 1.54) is 0 Å². The van der Waals surface area contributed by atoms with Gasteiger partial charge in [0.2, 0.25) is 0 Å². The molecule has 4 heteroatoms. The first-order valence-corrected chi connectivity index (χ1v) is 7.80. The zero-order valence-electron chi connectivity index (χ0n) is 12.6. The fraction of sp³-hybridized carbons (Fsp3) is 0.706. The van der Waals surface area contributed by atoms with E-state index in [0.717, 1.165) is 18.4 Å². The molecule has 1 saturated heterocycles. The third-order valence-electron chi connectivity index (χ3n) is 5.95. The Morgan fingerprint density at radius 3 is 2.95 bits per heavy atom. The highest BCUT2D eigenvalue weighted by molar-refractivity contribution is 6.01. The molecule has 0 radical (unpaired) electrons. The van der Waals surface area contributed by atoms with Gasteiger partial charge in [-0.25, -0.2) is 0 Å². The molecule has 4 nitrogen and oxygen atoms in total. The summed E-state index contributed by atoms with van der Waals surface area (Å²) in [5.74, 6) is 1.19. The molecule has 0 aromatic rings. The van der Waals surface area contributed by atoms with E-state index in [9.17, 15) is 9.90 Å². The number of ether oxygens (including phenoxy) is 2. The number of fused-ring (bicyclic) bond motifs is 4. The molecule has 2 aliphatic carbocycles. The van der Waals surface area contributed by atoms with Crippen LogP contribution in [0.4, 0.5) is 0 Å². The first kappa shape index (κ1) is 13.5. The summed E-state index contributed by atoms with van der Waals surface area (Å²) in [4.78, 5) is 12.5. The van der Waals surface area contributed by atoms with Crippen molar-refractivity contribution in [3.8, 4) is 0 Å². The Bertz CT molecular complexity index is 577. The second-order valence-electron chi connectivity index (χ2n) is 7.42. The summed E-state index contributed by atoms with van der Waals surface area (Å²) in [5, 5.41) is 10.8. The number of carbonyl (C=O) groups excluding carboxylic acids is 1. The first-order valence-electron chi connectivity index (χ1n) is 7.80. The Kier molecular flexibility index (Phi) is 2.57. The molecular formula is C17H22O4. The molecule has 0 aromatic heterocycles. The molecule has 0 aromatic carbocycles. The third-order valence-corrected chi connectivity index (χ3v) is 5.95. The van der Waals surface area contributed by atoms with E-state index in [0.29, 0.717) is 30.1 Å². The second-order valence-corrected chi connectivity index (χ2v) is 7.42. The van der Waals surface area contributed by atoms with Gasteiger partial charge in [0.05, 0.1) is 6.61 Å². The van der Waals surface area contributed by atoms with Gasteiger partial charge in [-0.3, -0.25) is 4.79 Å². The van der Waals surface area contributed by atoms with Crippen LogP contribution in [0.2, 0.25) is 0 Å². The maximum absolute atomic E-state index is 12.5. The molecule has 2 aliphatic heterocycles. The van der Waals surface area contributed by atoms with E-state index in [1.54, 1.807) is 0 Å². The number of rotatable bonds is 1. The summed E-state index contributed by atoms with van der Waals surface area (Å²) in [5.41, 5.74) is 0.441. The first-order chi connectivity index (χ1) is 9.84. The summed E-state index contributed by atoms with van der Waals surface area (Å²) in [6.45, 7) is 8.45. The van der Waals surface area contributed by atoms with Crippen molar-refractivity contribution < 1.29 is 19.4 Å². The van der Waals surface area contributed by atoms with E-state index >= 15 is 0 Å². The van der Waals surface area contributed by atoms with Crippen LogP contribution >= 0.6 is 0 Å². The molecule has 5 atom stereocenters. The molecule has 114 valence electrons. The van der Waals surface area contributed by atoms with Crippen molar-refractivity contribution in [2.24, 2.45) is 11.8 Å². The molecule has 4 aliphatic rings. The van der Waals surface area contributed by atoms with E-state index in [1.807, 2.05) is 0 Å². The van der Waals surface area contributed by atoms with Crippen LogP contribution in [0.5, 0.6) is 0 Å². The Morgan fingerprint density at radius 2 is 2.24 bits per heavy atom. The average molecular weight is 290 g/mol. The zero-order chi connectivity index (χ0) is 15.0. The summed E-state index contributed by atoms with van der Waals surface area (Å²) in [6.07, 6.45) is 2.54. The predicted octanol–water partition coefficient (Wildman–Crippen LogP) is 2.12. The predicted molar refractivity (Wildman–Crippen MR) is 76.5 cm³/mol. The van der Waals surface area contributed by atoms with Gasteiger partial charge in [0.15, 0.2) is 5.78 Å². The Morgan fingerprint density at radius 1 is 1.48 bits per heavy atom. The molecule has 0 amide bonds. The third kappa shape index (κ3) is 1.66. The molecule has 1 saturated carbocycles. The lowest BCUT2D eigenvalue weighted by atomic mass is 9.72. The van der Waals surface area contributed by atoms with Gasteiger partial charge in [-0.1, -0.05) is 12.2 Å². The SMILES string of the molecule is C=C(C)[C@@H]1CC[C@@]2(C)OC3=C(C[C@@H]12)C(=O)[C@@H]1C[C@@]3(O)CO1. The van der Waals surface area contributed by atoms with E-state index in [-0.39, 0.29) is 23.9 Å². The standard InChI is InChI=1S/C17H22O4/c1-9(2)10-4-5-16(3)12(10)6-11-14(18)13-7-17(19,8-20-13)15(11)21-16/h10,12-13,19H,1,4-8H2,2-3H3/t10-,12-,13-,16+,17+/m0/s1. The minimum atomic E-state index is -1.09. The fourth-order valence-corrected chi connectivity index (χ4v) is 4.71. The van der Waals surface area contributed by atoms with Crippen LogP contribution in [-0.4, -0.2) is 34.8 Å². The van der Waals surface area contributed by atoms with Crippen LogP contribution in [-0.2, 0) is 14.3 Å². The lowest BCUT2D eigenvalue weighted by molar-refractivity contribution is -0.128. The van der Waals surface area contributed by atoms with Crippen LogP contribution in [0.25, 0.3) is 0 Å². The van der Waals surface area contributed by atoms with Crippen LogP contribution < -0.4 is 0 Å². The van der Waals surface area contributed by atoms with Crippen molar-refractivity contribution in [2.75, 3.05) is 6.61 Å². The van der Waals surface area contributed by atoms with Gasteiger partial charge in [-0.2, -0.15) is 0 Å². The highest BCUT2D eigenvalue weighted by Crippen LogP contribution is 2.56. The summed E-state index contributed by atoms with van der Waals surface area (Å²) >= 11 is 0. The highest BCUT2D eigenvalue weighted by Gasteiger charge is 2.59. The van der Waals surface area contributed by atoms with Gasteiger partial charge in [0.25, 0.3) is 0 Å². The van der Waals surface area contributed by atoms with Gasteiger partial charge in [-0.15, -0.1) is 0 Å². The molecule has 2 heterocycles. The van der Waals surface area contributed by atoms with Gasteiger partial charge >= 0.3 is 0 Å². The fourth-order valence-electron chi connectivity index (χ4n) is 4.71. The molecule has 21 heavy (non-hydrogen) atoms. The Balaban J connectivity index is 1.78. The monoisotopic (exact) mass is 290 g/mol. The Hall–Kier alpha value is -1.13. The maximum Gasteiger partial charge on any atom is 0.191 e. The highest BCUT2D eigenvalue weighted by atomic mass is 16.6. The number of Topliss-reactive ketones (excluding diaryl/α,β-unsaturated/α-hetero) is 1. The minimum Gasteiger partial charge on any atom is -0.488 e. The van der Waals surface area contributed by atoms with Crippen LogP contribution in [0.15, 0.2) is 23.5 Å². The normalized spacial score (nSPS) is 48.0. The molecular weight excluding hydrogens is 268 g/mol. The Labute approximate surface area is 124 Å². The number of hydrogen-bond acceptors (Lipinski definition) is 4. The molecule has 1 N–H and O–H groups in total. The molecule has 0 unspecified atom stereocenters. The number of allylic oxidation sites excluding steroid dienone is 1. The van der Waals surface area contributed by atoms with Crippen LogP contribution in [0.1, 0.15) is 39.5 Å². The van der Waals surface area contributed by atoms with Gasteiger partial charge in [0.1, 0.15) is 23.1 Å². The van der Waals surface area contributed by atoms with Crippen molar-refractivity contribution in [3.63, 3.8) is 0 Å². The summed E-state index contributed by atoms with van der Waals surface area (Å²) in [6, 6.07) is 0. The topological polar surface area (TPSA) is 55.8 Å². The summed E-state index contributed by atoms with van der Waals surface area (Å²) in [7, 11) is 0. The van der Waals surface area contributed by atoms with Crippen LogP contribution in [0, 0.1) is 11.8 Å². The van der Waals surface area contributed by atoms with Crippen molar-refractivity contribution >= 4 is 5.78 Å². The smallest absolute Gasteiger partial charge is 0.191 e. The van der Waals surface area contributed by atoms with E-state index < -0.39 is 11.7 Å².